The second kappa shape index (κ2) is 9.27. The van der Waals surface area contributed by atoms with Gasteiger partial charge in [0.2, 0.25) is 0 Å². The first-order chi connectivity index (χ1) is 13.0. The zero-order valence-corrected chi connectivity index (χ0v) is 17.3. The van der Waals surface area contributed by atoms with Gasteiger partial charge in [-0.2, -0.15) is 0 Å². The normalized spacial score (nSPS) is 17.7. The molecule has 0 aliphatic carbocycles. The molecule has 0 bridgehead atoms. The smallest absolute Gasteiger partial charge is 0.192 e. The number of hydrogen-bond donors (Lipinski definition) is 2. The van der Waals surface area contributed by atoms with E-state index in [0.29, 0.717) is 19.0 Å². The van der Waals surface area contributed by atoms with Gasteiger partial charge in [0.15, 0.2) is 11.8 Å². The van der Waals surface area contributed by atoms with Crippen molar-refractivity contribution < 1.29 is 4.74 Å². The van der Waals surface area contributed by atoms with Crippen LogP contribution in [0.15, 0.2) is 10.4 Å². The van der Waals surface area contributed by atoms with Crippen molar-refractivity contribution in [2.24, 2.45) is 12.0 Å². The molecule has 1 aliphatic heterocycles. The summed E-state index contributed by atoms with van der Waals surface area (Å²) in [4.78, 5) is 9.36. The number of ether oxygens (including phenoxy) is 1. The first kappa shape index (κ1) is 19.8. The third-order valence-corrected chi connectivity index (χ3v) is 5.52. The van der Waals surface area contributed by atoms with Crippen LogP contribution < -0.4 is 10.6 Å². The lowest BCUT2D eigenvalue weighted by molar-refractivity contribution is 0.114. The number of nitrogens with one attached hydrogen (secondary N) is 2. The summed E-state index contributed by atoms with van der Waals surface area (Å²) in [5, 5.41) is 18.2. The van der Waals surface area contributed by atoms with Gasteiger partial charge in [-0.1, -0.05) is 13.8 Å². The number of aromatic nitrogens is 4. The Bertz CT molecular complexity index is 762. The van der Waals surface area contributed by atoms with Gasteiger partial charge in [0.1, 0.15) is 17.4 Å². The maximum absolute atomic E-state index is 5.70. The van der Waals surface area contributed by atoms with E-state index in [1.54, 1.807) is 11.3 Å². The molecule has 0 aromatic carbocycles. The molecular formula is C18H29N7OS. The Hall–Kier alpha value is -2.00. The summed E-state index contributed by atoms with van der Waals surface area (Å²) in [6, 6.07) is 0. The Morgan fingerprint density at radius 1 is 1.41 bits per heavy atom. The summed E-state index contributed by atoms with van der Waals surface area (Å²) >= 11 is 1.68. The highest BCUT2D eigenvalue weighted by atomic mass is 32.1. The van der Waals surface area contributed by atoms with Crippen LogP contribution in [0.4, 0.5) is 0 Å². The molecule has 1 aliphatic rings. The fourth-order valence-corrected chi connectivity index (χ4v) is 3.65. The Morgan fingerprint density at radius 2 is 2.26 bits per heavy atom. The van der Waals surface area contributed by atoms with Crippen LogP contribution >= 0.6 is 11.3 Å². The van der Waals surface area contributed by atoms with Gasteiger partial charge in [0.05, 0.1) is 18.3 Å². The predicted molar refractivity (Wildman–Crippen MR) is 107 cm³/mol. The lowest BCUT2D eigenvalue weighted by Gasteiger charge is -2.15. The highest BCUT2D eigenvalue weighted by Gasteiger charge is 2.16. The lowest BCUT2D eigenvalue weighted by atomic mass is 10.2. The van der Waals surface area contributed by atoms with E-state index in [-0.39, 0.29) is 6.10 Å². The summed E-state index contributed by atoms with van der Waals surface area (Å²) in [6.45, 7) is 8.96. The summed E-state index contributed by atoms with van der Waals surface area (Å²) in [5.41, 5.74) is 1.14. The minimum absolute atomic E-state index is 0.251. The molecular weight excluding hydrogens is 362 g/mol. The summed E-state index contributed by atoms with van der Waals surface area (Å²) < 4.78 is 7.65. The van der Waals surface area contributed by atoms with E-state index in [9.17, 15) is 0 Å². The Morgan fingerprint density at radius 3 is 2.89 bits per heavy atom. The Balaban J connectivity index is 1.62. The van der Waals surface area contributed by atoms with Crippen LogP contribution in [0, 0.1) is 6.92 Å². The molecule has 9 heteroatoms. The van der Waals surface area contributed by atoms with Crippen molar-refractivity contribution >= 4 is 17.3 Å². The molecule has 1 saturated heterocycles. The van der Waals surface area contributed by atoms with E-state index < -0.39 is 0 Å². The standard InChI is InChI=1S/C18H29N7OS/c1-12(2)15-11-27-17(22-15)10-21-18(19-8-14-6-5-7-26-14)20-9-16-24-23-13(3)25(16)4/h11-12,14H,5-10H2,1-4H3,(H2,19,20,21). The van der Waals surface area contributed by atoms with Gasteiger partial charge in [-0.3, -0.25) is 0 Å². The molecule has 27 heavy (non-hydrogen) atoms. The molecule has 0 saturated carbocycles. The first-order valence-electron chi connectivity index (χ1n) is 9.46. The average Bonchev–Trinajstić information content (AvgIpc) is 3.38. The maximum Gasteiger partial charge on any atom is 0.192 e. The molecule has 8 nitrogen and oxygen atoms in total. The van der Waals surface area contributed by atoms with Gasteiger partial charge in [-0.25, -0.2) is 9.98 Å². The van der Waals surface area contributed by atoms with E-state index in [1.165, 1.54) is 0 Å². The third kappa shape index (κ3) is 5.49. The van der Waals surface area contributed by atoms with Crippen molar-refractivity contribution in [3.05, 3.63) is 27.7 Å². The molecule has 1 atom stereocenters. The quantitative estimate of drug-likeness (QED) is 0.555. The van der Waals surface area contributed by atoms with Crippen molar-refractivity contribution in [2.75, 3.05) is 13.2 Å². The maximum atomic E-state index is 5.70. The van der Waals surface area contributed by atoms with Crippen molar-refractivity contribution in [3.63, 3.8) is 0 Å². The molecule has 0 amide bonds. The number of aliphatic imine (C=N–C) groups is 1. The molecule has 0 radical (unpaired) electrons. The van der Waals surface area contributed by atoms with Crippen molar-refractivity contribution in [1.29, 1.82) is 0 Å². The van der Waals surface area contributed by atoms with Gasteiger partial charge >= 0.3 is 0 Å². The summed E-state index contributed by atoms with van der Waals surface area (Å²) in [6.07, 6.45) is 2.47. The molecule has 1 unspecified atom stereocenters. The zero-order chi connectivity index (χ0) is 19.2. The van der Waals surface area contributed by atoms with Crippen LogP contribution in [0.3, 0.4) is 0 Å². The number of hydrogen-bond acceptors (Lipinski definition) is 6. The minimum atomic E-state index is 0.251. The van der Waals surface area contributed by atoms with Gasteiger partial charge in [-0.05, 0) is 25.7 Å². The molecule has 148 valence electrons. The van der Waals surface area contributed by atoms with Crippen LogP contribution in [0.2, 0.25) is 0 Å². The molecule has 1 fully saturated rings. The van der Waals surface area contributed by atoms with E-state index in [4.69, 9.17) is 4.74 Å². The van der Waals surface area contributed by atoms with Crippen LogP contribution in [0.5, 0.6) is 0 Å². The molecule has 3 rings (SSSR count). The fourth-order valence-electron chi connectivity index (χ4n) is 2.76. The van der Waals surface area contributed by atoms with Crippen LogP contribution in [-0.4, -0.2) is 45.0 Å². The molecule has 2 aromatic rings. The highest BCUT2D eigenvalue weighted by Crippen LogP contribution is 2.17. The minimum Gasteiger partial charge on any atom is -0.376 e. The number of nitrogens with zero attached hydrogens (tertiary/aromatic N) is 5. The number of aryl methyl sites for hydroxylation is 1. The molecule has 0 spiro atoms. The van der Waals surface area contributed by atoms with E-state index in [0.717, 1.165) is 54.3 Å². The van der Waals surface area contributed by atoms with Gasteiger partial charge in [0.25, 0.3) is 0 Å². The van der Waals surface area contributed by atoms with Crippen molar-refractivity contribution in [2.45, 2.75) is 58.7 Å². The third-order valence-electron chi connectivity index (χ3n) is 4.65. The molecule has 2 aromatic heterocycles. The van der Waals surface area contributed by atoms with Gasteiger partial charge < -0.3 is 19.9 Å². The van der Waals surface area contributed by atoms with Gasteiger partial charge in [0, 0.05) is 25.6 Å². The topological polar surface area (TPSA) is 89.2 Å². The largest absolute Gasteiger partial charge is 0.376 e. The average molecular weight is 392 g/mol. The van der Waals surface area contributed by atoms with Crippen molar-refractivity contribution in [1.82, 2.24) is 30.4 Å². The highest BCUT2D eigenvalue weighted by molar-refractivity contribution is 7.09. The van der Waals surface area contributed by atoms with E-state index >= 15 is 0 Å². The fraction of sp³-hybridized carbons (Fsp3) is 0.667. The summed E-state index contributed by atoms with van der Waals surface area (Å²) in [5.74, 6) is 2.90. The predicted octanol–water partition coefficient (Wildman–Crippen LogP) is 2.12. The number of rotatable bonds is 7. The number of thiazole rings is 1. The van der Waals surface area contributed by atoms with Gasteiger partial charge in [-0.15, -0.1) is 21.5 Å². The van der Waals surface area contributed by atoms with E-state index in [1.807, 2.05) is 18.5 Å². The second-order valence-corrected chi connectivity index (χ2v) is 8.02. The Labute approximate surface area is 164 Å². The van der Waals surface area contributed by atoms with Crippen LogP contribution in [0.1, 0.15) is 55.0 Å². The monoisotopic (exact) mass is 391 g/mol. The molecule has 2 N–H and O–H groups in total. The summed E-state index contributed by atoms with van der Waals surface area (Å²) in [7, 11) is 1.95. The molecule has 3 heterocycles. The second-order valence-electron chi connectivity index (χ2n) is 7.08. The van der Waals surface area contributed by atoms with Crippen LogP contribution in [0.25, 0.3) is 0 Å². The Kier molecular flexibility index (Phi) is 6.78. The first-order valence-corrected chi connectivity index (χ1v) is 10.3. The van der Waals surface area contributed by atoms with Crippen LogP contribution in [-0.2, 0) is 24.9 Å². The van der Waals surface area contributed by atoms with Crippen molar-refractivity contribution in [3.8, 4) is 0 Å². The van der Waals surface area contributed by atoms with E-state index in [2.05, 4.69) is 50.0 Å². The lowest BCUT2D eigenvalue weighted by Crippen LogP contribution is -2.40. The SMILES string of the molecule is Cc1nnc(CN=C(NCc2nc(C(C)C)cs2)NCC2CCCO2)n1C. The zero-order valence-electron chi connectivity index (χ0n) is 16.5. The number of guanidine groups is 1.